The van der Waals surface area contributed by atoms with Crippen LogP contribution in [0.25, 0.3) is 0 Å². The minimum absolute atomic E-state index is 0.168. The van der Waals surface area contributed by atoms with E-state index in [-0.39, 0.29) is 5.91 Å². The van der Waals surface area contributed by atoms with Crippen molar-refractivity contribution in [1.29, 1.82) is 0 Å². The van der Waals surface area contributed by atoms with Crippen molar-refractivity contribution in [2.45, 2.75) is 19.9 Å². The van der Waals surface area contributed by atoms with Crippen LogP contribution in [0.2, 0.25) is 0 Å². The topological polar surface area (TPSA) is 41.6 Å². The number of ether oxygens (including phenoxy) is 1. The Morgan fingerprint density at radius 1 is 1.60 bits per heavy atom. The van der Waals surface area contributed by atoms with E-state index in [2.05, 4.69) is 23.3 Å². The zero-order chi connectivity index (χ0) is 14.4. The smallest absolute Gasteiger partial charge is 0.236 e. The molecule has 0 fully saturated rings. The maximum atomic E-state index is 12.1. The Morgan fingerprint density at radius 2 is 2.45 bits per heavy atom. The molecule has 1 aliphatic heterocycles. The second-order valence-corrected chi connectivity index (χ2v) is 6.12. The SMILES string of the molecule is C=C(C)COCCNCC(=O)N1CCc2sccc2C1. The van der Waals surface area contributed by atoms with Crippen molar-refractivity contribution in [2.24, 2.45) is 0 Å². The molecular formula is C15H22N2O2S. The average Bonchev–Trinajstić information content (AvgIpc) is 2.89. The Morgan fingerprint density at radius 3 is 3.25 bits per heavy atom. The average molecular weight is 294 g/mol. The Balaban J connectivity index is 1.62. The van der Waals surface area contributed by atoms with Gasteiger partial charge in [0.2, 0.25) is 5.91 Å². The lowest BCUT2D eigenvalue weighted by molar-refractivity contribution is -0.131. The van der Waals surface area contributed by atoms with E-state index in [9.17, 15) is 4.79 Å². The molecule has 0 aromatic carbocycles. The highest BCUT2D eigenvalue weighted by atomic mass is 32.1. The molecular weight excluding hydrogens is 272 g/mol. The minimum Gasteiger partial charge on any atom is -0.376 e. The number of hydrogen-bond acceptors (Lipinski definition) is 4. The molecule has 0 bridgehead atoms. The summed E-state index contributed by atoms with van der Waals surface area (Å²) in [5.74, 6) is 0.168. The van der Waals surface area contributed by atoms with Crippen LogP contribution in [0.3, 0.4) is 0 Å². The molecule has 1 aliphatic rings. The van der Waals surface area contributed by atoms with Gasteiger partial charge in [-0.25, -0.2) is 0 Å². The van der Waals surface area contributed by atoms with Gasteiger partial charge in [-0.15, -0.1) is 11.3 Å². The Bertz CT molecular complexity index is 470. The van der Waals surface area contributed by atoms with E-state index in [0.717, 1.165) is 25.1 Å². The molecule has 0 atom stereocenters. The molecule has 1 aromatic heterocycles. The fourth-order valence-corrected chi connectivity index (χ4v) is 3.05. The number of fused-ring (bicyclic) bond motifs is 1. The van der Waals surface area contributed by atoms with Crippen LogP contribution >= 0.6 is 11.3 Å². The van der Waals surface area contributed by atoms with Crippen LogP contribution in [-0.2, 0) is 22.5 Å². The van der Waals surface area contributed by atoms with Gasteiger partial charge in [0.1, 0.15) is 0 Å². The normalized spacial score (nSPS) is 14.2. The third kappa shape index (κ3) is 4.44. The zero-order valence-electron chi connectivity index (χ0n) is 12.0. The van der Waals surface area contributed by atoms with E-state index in [1.165, 1.54) is 10.4 Å². The molecule has 1 N–H and O–H groups in total. The van der Waals surface area contributed by atoms with Crippen molar-refractivity contribution in [3.8, 4) is 0 Å². The minimum atomic E-state index is 0.168. The van der Waals surface area contributed by atoms with Crippen molar-refractivity contribution < 1.29 is 9.53 Å². The predicted octanol–water partition coefficient (Wildman–Crippen LogP) is 1.82. The van der Waals surface area contributed by atoms with Crippen LogP contribution in [0, 0.1) is 0 Å². The first-order valence-corrected chi connectivity index (χ1v) is 7.80. The van der Waals surface area contributed by atoms with Crippen molar-refractivity contribution >= 4 is 17.2 Å². The quantitative estimate of drug-likeness (QED) is 0.616. The molecule has 1 amide bonds. The molecule has 4 nitrogen and oxygen atoms in total. The van der Waals surface area contributed by atoms with Gasteiger partial charge in [-0.05, 0) is 30.4 Å². The fraction of sp³-hybridized carbons (Fsp3) is 0.533. The van der Waals surface area contributed by atoms with E-state index in [0.29, 0.717) is 26.3 Å². The number of carbonyl (C=O) groups excluding carboxylic acids is 1. The van der Waals surface area contributed by atoms with Crippen LogP contribution in [0.4, 0.5) is 0 Å². The highest BCUT2D eigenvalue weighted by molar-refractivity contribution is 7.10. The summed E-state index contributed by atoms with van der Waals surface area (Å²) in [6.45, 7) is 9.56. The number of amides is 1. The number of rotatable bonds is 7. The van der Waals surface area contributed by atoms with Gasteiger partial charge in [-0.3, -0.25) is 4.79 Å². The summed E-state index contributed by atoms with van der Waals surface area (Å²) in [7, 11) is 0. The molecule has 0 aliphatic carbocycles. The molecule has 0 unspecified atom stereocenters. The molecule has 0 saturated heterocycles. The largest absolute Gasteiger partial charge is 0.376 e. The first-order chi connectivity index (χ1) is 9.66. The van der Waals surface area contributed by atoms with Gasteiger partial charge in [0.25, 0.3) is 0 Å². The highest BCUT2D eigenvalue weighted by Gasteiger charge is 2.20. The van der Waals surface area contributed by atoms with Crippen LogP contribution in [-0.4, -0.2) is 43.7 Å². The second-order valence-electron chi connectivity index (χ2n) is 5.12. The number of nitrogens with zero attached hydrogens (tertiary/aromatic N) is 1. The molecule has 0 radical (unpaired) electrons. The van der Waals surface area contributed by atoms with Crippen molar-refractivity contribution in [2.75, 3.05) is 32.8 Å². The summed E-state index contributed by atoms with van der Waals surface area (Å²) in [4.78, 5) is 15.4. The van der Waals surface area contributed by atoms with Gasteiger partial charge >= 0.3 is 0 Å². The molecule has 5 heteroatoms. The summed E-state index contributed by atoms with van der Waals surface area (Å²) in [5.41, 5.74) is 2.32. The Hall–Kier alpha value is -1.17. The second kappa shape index (κ2) is 7.57. The van der Waals surface area contributed by atoms with E-state index < -0.39 is 0 Å². The predicted molar refractivity (Wildman–Crippen MR) is 81.9 cm³/mol. The molecule has 110 valence electrons. The number of nitrogens with one attached hydrogen (secondary N) is 1. The van der Waals surface area contributed by atoms with Gasteiger partial charge in [0, 0.05) is 24.5 Å². The van der Waals surface area contributed by atoms with E-state index in [1.54, 1.807) is 11.3 Å². The summed E-state index contributed by atoms with van der Waals surface area (Å²) in [6.07, 6.45) is 0.987. The number of thiophene rings is 1. The summed E-state index contributed by atoms with van der Waals surface area (Å²) in [5, 5.41) is 5.24. The Labute approximate surface area is 124 Å². The summed E-state index contributed by atoms with van der Waals surface area (Å²) < 4.78 is 5.37. The summed E-state index contributed by atoms with van der Waals surface area (Å²) >= 11 is 1.79. The highest BCUT2D eigenvalue weighted by Crippen LogP contribution is 2.23. The monoisotopic (exact) mass is 294 g/mol. The molecule has 20 heavy (non-hydrogen) atoms. The van der Waals surface area contributed by atoms with Gasteiger partial charge < -0.3 is 15.0 Å². The van der Waals surface area contributed by atoms with Crippen LogP contribution in [0.1, 0.15) is 17.4 Å². The van der Waals surface area contributed by atoms with E-state index in [4.69, 9.17) is 4.74 Å². The van der Waals surface area contributed by atoms with Crippen molar-refractivity contribution in [3.05, 3.63) is 34.0 Å². The van der Waals surface area contributed by atoms with Crippen LogP contribution in [0.15, 0.2) is 23.6 Å². The van der Waals surface area contributed by atoms with Gasteiger partial charge in [0.15, 0.2) is 0 Å². The lowest BCUT2D eigenvalue weighted by Gasteiger charge is -2.27. The molecule has 2 rings (SSSR count). The van der Waals surface area contributed by atoms with Crippen molar-refractivity contribution in [1.82, 2.24) is 10.2 Å². The lowest BCUT2D eigenvalue weighted by atomic mass is 10.1. The summed E-state index contributed by atoms with van der Waals surface area (Å²) in [6, 6.07) is 2.12. The van der Waals surface area contributed by atoms with E-state index >= 15 is 0 Å². The zero-order valence-corrected chi connectivity index (χ0v) is 12.8. The number of carbonyl (C=O) groups is 1. The maximum Gasteiger partial charge on any atom is 0.236 e. The number of hydrogen-bond donors (Lipinski definition) is 1. The van der Waals surface area contributed by atoms with Crippen molar-refractivity contribution in [3.63, 3.8) is 0 Å². The standard InChI is InChI=1S/C15H22N2O2S/c1-12(2)11-19-7-5-16-9-15(18)17-6-3-14-13(10-17)4-8-20-14/h4,8,16H,1,3,5-7,9-11H2,2H3. The third-order valence-electron chi connectivity index (χ3n) is 3.21. The molecule has 1 aromatic rings. The molecule has 0 spiro atoms. The lowest BCUT2D eigenvalue weighted by Crippen LogP contribution is -2.41. The molecule has 2 heterocycles. The van der Waals surface area contributed by atoms with Gasteiger partial charge in [-0.2, -0.15) is 0 Å². The first-order valence-electron chi connectivity index (χ1n) is 6.92. The molecule has 0 saturated carbocycles. The Kier molecular flexibility index (Phi) is 5.76. The van der Waals surface area contributed by atoms with E-state index in [1.807, 2.05) is 11.8 Å². The van der Waals surface area contributed by atoms with Gasteiger partial charge in [-0.1, -0.05) is 12.2 Å². The van der Waals surface area contributed by atoms with Crippen LogP contribution in [0.5, 0.6) is 0 Å². The fourth-order valence-electron chi connectivity index (χ4n) is 2.16. The first kappa shape index (κ1) is 15.2. The third-order valence-corrected chi connectivity index (χ3v) is 4.23. The van der Waals surface area contributed by atoms with Crippen LogP contribution < -0.4 is 5.32 Å². The maximum absolute atomic E-state index is 12.1. The van der Waals surface area contributed by atoms with Gasteiger partial charge in [0.05, 0.1) is 19.8 Å².